The molecule has 0 fully saturated rings. The van der Waals surface area contributed by atoms with Gasteiger partial charge in [-0.2, -0.15) is 0 Å². The molecule has 0 aromatic heterocycles. The van der Waals surface area contributed by atoms with Gasteiger partial charge in [0.15, 0.2) is 0 Å². The highest BCUT2D eigenvalue weighted by Gasteiger charge is 1.91. The van der Waals surface area contributed by atoms with Crippen LogP contribution in [0.2, 0.25) is 0 Å². The van der Waals surface area contributed by atoms with Gasteiger partial charge in [-0.05, 0) is 41.3 Å². The summed E-state index contributed by atoms with van der Waals surface area (Å²) in [5.74, 6) is 0.853. The van der Waals surface area contributed by atoms with Gasteiger partial charge in [0.1, 0.15) is 5.75 Å². The van der Waals surface area contributed by atoms with Crippen molar-refractivity contribution >= 4 is 11.8 Å². The Morgan fingerprint density at radius 3 is 2.45 bits per heavy atom. The molecule has 0 saturated carbocycles. The minimum atomic E-state index is 0.853. The zero-order chi connectivity index (χ0) is 8.10. The molecule has 1 aromatic carbocycles. The third kappa shape index (κ3) is 2.21. The first-order valence-electron chi connectivity index (χ1n) is 3.13. The molecule has 0 atom stereocenters. The van der Waals surface area contributed by atoms with E-state index in [9.17, 15) is 0 Å². The van der Waals surface area contributed by atoms with Gasteiger partial charge in [0, 0.05) is 4.90 Å². The SMILES string of the molecule is C#CSc1ccc(OC)cc1. The van der Waals surface area contributed by atoms with E-state index in [-0.39, 0.29) is 0 Å². The lowest BCUT2D eigenvalue weighted by Crippen LogP contribution is -1.80. The van der Waals surface area contributed by atoms with Crippen molar-refractivity contribution in [2.45, 2.75) is 4.90 Å². The van der Waals surface area contributed by atoms with Crippen LogP contribution in [0, 0.1) is 11.7 Å². The van der Waals surface area contributed by atoms with Gasteiger partial charge in [-0.1, -0.05) is 0 Å². The molecule has 1 aromatic rings. The van der Waals surface area contributed by atoms with Crippen LogP contribution in [0.15, 0.2) is 29.2 Å². The van der Waals surface area contributed by atoms with Crippen molar-refractivity contribution in [2.75, 3.05) is 7.11 Å². The molecule has 1 rings (SSSR count). The summed E-state index contributed by atoms with van der Waals surface area (Å²) in [6.45, 7) is 0. The summed E-state index contributed by atoms with van der Waals surface area (Å²) in [7, 11) is 1.64. The quantitative estimate of drug-likeness (QED) is 0.490. The van der Waals surface area contributed by atoms with Crippen molar-refractivity contribution in [3.05, 3.63) is 24.3 Å². The molecular formula is C9H8OS. The first kappa shape index (κ1) is 8.03. The van der Waals surface area contributed by atoms with E-state index in [0.29, 0.717) is 0 Å². The number of benzene rings is 1. The average molecular weight is 164 g/mol. The van der Waals surface area contributed by atoms with Gasteiger partial charge in [0.2, 0.25) is 0 Å². The second kappa shape index (κ2) is 3.95. The van der Waals surface area contributed by atoms with E-state index in [1.165, 1.54) is 11.8 Å². The molecule has 0 radical (unpaired) electrons. The fraction of sp³-hybridized carbons (Fsp3) is 0.111. The van der Waals surface area contributed by atoms with Gasteiger partial charge < -0.3 is 4.74 Å². The number of ether oxygens (including phenoxy) is 1. The third-order valence-corrected chi connectivity index (χ3v) is 1.86. The fourth-order valence-electron chi connectivity index (χ4n) is 0.712. The lowest BCUT2D eigenvalue weighted by atomic mass is 10.3. The van der Waals surface area contributed by atoms with Gasteiger partial charge in [-0.25, -0.2) is 0 Å². The Balaban J connectivity index is 2.76. The minimum Gasteiger partial charge on any atom is -0.497 e. The van der Waals surface area contributed by atoms with Crippen molar-refractivity contribution in [3.8, 4) is 17.4 Å². The van der Waals surface area contributed by atoms with E-state index in [0.717, 1.165) is 10.6 Å². The Labute approximate surface area is 70.8 Å². The highest BCUT2D eigenvalue weighted by Crippen LogP contribution is 2.19. The monoisotopic (exact) mass is 164 g/mol. The lowest BCUT2D eigenvalue weighted by molar-refractivity contribution is 0.414. The second-order valence-corrected chi connectivity index (χ2v) is 2.81. The van der Waals surface area contributed by atoms with Gasteiger partial charge in [-0.3, -0.25) is 0 Å². The van der Waals surface area contributed by atoms with Crippen molar-refractivity contribution in [2.24, 2.45) is 0 Å². The third-order valence-electron chi connectivity index (χ3n) is 1.24. The Bertz CT molecular complexity index is 258. The molecular weight excluding hydrogens is 156 g/mol. The first-order valence-corrected chi connectivity index (χ1v) is 3.95. The van der Waals surface area contributed by atoms with Crippen LogP contribution in [-0.4, -0.2) is 7.11 Å². The number of hydrogen-bond donors (Lipinski definition) is 0. The topological polar surface area (TPSA) is 9.23 Å². The Morgan fingerprint density at radius 1 is 1.36 bits per heavy atom. The summed E-state index contributed by atoms with van der Waals surface area (Å²) in [6, 6.07) is 7.64. The van der Waals surface area contributed by atoms with Gasteiger partial charge >= 0.3 is 0 Å². The number of thioether (sulfide) groups is 1. The van der Waals surface area contributed by atoms with Crippen LogP contribution in [0.5, 0.6) is 5.75 Å². The zero-order valence-electron chi connectivity index (χ0n) is 6.20. The number of hydrogen-bond acceptors (Lipinski definition) is 2. The maximum Gasteiger partial charge on any atom is 0.118 e. The molecule has 0 bridgehead atoms. The molecule has 0 unspecified atom stereocenters. The predicted octanol–water partition coefficient (Wildman–Crippen LogP) is 2.38. The molecule has 2 heteroatoms. The van der Waals surface area contributed by atoms with E-state index < -0.39 is 0 Å². The van der Waals surface area contributed by atoms with Crippen LogP contribution in [-0.2, 0) is 0 Å². The second-order valence-electron chi connectivity index (χ2n) is 1.90. The van der Waals surface area contributed by atoms with Crippen LogP contribution in [0.1, 0.15) is 0 Å². The molecule has 1 nitrogen and oxygen atoms in total. The van der Waals surface area contributed by atoms with Crippen LogP contribution in [0.3, 0.4) is 0 Å². The van der Waals surface area contributed by atoms with Crippen molar-refractivity contribution in [3.63, 3.8) is 0 Å². The van der Waals surface area contributed by atoms with Crippen molar-refractivity contribution in [1.29, 1.82) is 0 Å². The summed E-state index contributed by atoms with van der Waals surface area (Å²) >= 11 is 1.37. The molecule has 0 aliphatic heterocycles. The van der Waals surface area contributed by atoms with Crippen molar-refractivity contribution < 1.29 is 4.74 Å². The van der Waals surface area contributed by atoms with E-state index in [1.807, 2.05) is 24.3 Å². The summed E-state index contributed by atoms with van der Waals surface area (Å²) in [5, 5.41) is 2.50. The van der Waals surface area contributed by atoms with Crippen molar-refractivity contribution in [1.82, 2.24) is 0 Å². The van der Waals surface area contributed by atoms with Gasteiger partial charge in [-0.15, -0.1) is 6.42 Å². The van der Waals surface area contributed by atoms with E-state index in [2.05, 4.69) is 5.25 Å². The first-order chi connectivity index (χ1) is 5.36. The van der Waals surface area contributed by atoms with E-state index >= 15 is 0 Å². The Kier molecular flexibility index (Phi) is 2.88. The summed E-state index contributed by atoms with van der Waals surface area (Å²) in [4.78, 5) is 1.06. The highest BCUT2D eigenvalue weighted by molar-refractivity contribution is 8.03. The number of methoxy groups -OCH3 is 1. The minimum absolute atomic E-state index is 0.853. The normalized spacial score (nSPS) is 8.73. The molecule has 0 spiro atoms. The predicted molar refractivity (Wildman–Crippen MR) is 47.7 cm³/mol. The summed E-state index contributed by atoms with van der Waals surface area (Å²) in [6.07, 6.45) is 5.11. The maximum absolute atomic E-state index is 5.11. The molecule has 0 aliphatic rings. The highest BCUT2D eigenvalue weighted by atomic mass is 32.2. The smallest absolute Gasteiger partial charge is 0.118 e. The lowest BCUT2D eigenvalue weighted by Gasteiger charge is -1.98. The maximum atomic E-state index is 5.11. The molecule has 0 N–H and O–H groups in total. The molecule has 0 saturated heterocycles. The summed E-state index contributed by atoms with van der Waals surface area (Å²) in [5.41, 5.74) is 0. The molecule has 0 heterocycles. The van der Waals surface area contributed by atoms with Gasteiger partial charge in [0.05, 0.1) is 7.11 Å². The number of terminal acetylenes is 1. The fourth-order valence-corrected chi connectivity index (χ4v) is 1.12. The average Bonchev–Trinajstić information content (AvgIpc) is 2.07. The van der Waals surface area contributed by atoms with Crippen LogP contribution < -0.4 is 4.74 Å². The van der Waals surface area contributed by atoms with E-state index in [4.69, 9.17) is 11.2 Å². The Morgan fingerprint density at radius 2 is 2.00 bits per heavy atom. The molecule has 56 valence electrons. The molecule has 11 heavy (non-hydrogen) atoms. The largest absolute Gasteiger partial charge is 0.497 e. The van der Waals surface area contributed by atoms with Gasteiger partial charge in [0.25, 0.3) is 0 Å². The molecule has 0 amide bonds. The van der Waals surface area contributed by atoms with Crippen LogP contribution >= 0.6 is 11.8 Å². The van der Waals surface area contributed by atoms with Crippen LogP contribution in [0.25, 0.3) is 0 Å². The van der Waals surface area contributed by atoms with E-state index in [1.54, 1.807) is 7.11 Å². The standard InChI is InChI=1S/C9H8OS/c1-3-11-9-6-4-8(10-2)5-7-9/h1,4-7H,2H3. The van der Waals surface area contributed by atoms with Crippen LogP contribution in [0.4, 0.5) is 0 Å². The zero-order valence-corrected chi connectivity index (χ0v) is 7.02. The Hall–Kier alpha value is -1.07. The number of rotatable bonds is 2. The summed E-state index contributed by atoms with van der Waals surface area (Å²) < 4.78 is 4.99. The molecule has 0 aliphatic carbocycles.